The van der Waals surface area contributed by atoms with Gasteiger partial charge in [0, 0.05) is 11.8 Å². The molecule has 1 aromatic rings. The second-order valence-electron chi connectivity index (χ2n) is 6.07. The Balaban J connectivity index is 1.76. The number of aliphatic carboxylic acids is 1. The zero-order chi connectivity index (χ0) is 18.7. The first-order chi connectivity index (χ1) is 12.3. The molecule has 8 nitrogen and oxygen atoms in total. The van der Waals surface area contributed by atoms with E-state index in [2.05, 4.69) is 4.99 Å². The number of hydrogen-bond donors (Lipinski definition) is 0. The monoisotopic (exact) mass is 397 g/mol. The van der Waals surface area contributed by atoms with Crippen molar-refractivity contribution >= 4 is 38.6 Å². The Hall–Kier alpha value is -1.91. The van der Waals surface area contributed by atoms with E-state index in [1.165, 1.54) is 11.8 Å². The van der Waals surface area contributed by atoms with E-state index in [4.69, 9.17) is 4.74 Å². The molecule has 0 N–H and O–H groups in total. The summed E-state index contributed by atoms with van der Waals surface area (Å²) >= 11 is 1.27. The van der Waals surface area contributed by atoms with Crippen LogP contribution in [0.5, 0.6) is 0 Å². The fraction of sp³-hybridized carbons (Fsp3) is 0.438. The van der Waals surface area contributed by atoms with Crippen molar-refractivity contribution in [3.63, 3.8) is 0 Å². The Labute approximate surface area is 155 Å². The molecule has 26 heavy (non-hydrogen) atoms. The van der Waals surface area contributed by atoms with Crippen LogP contribution < -0.4 is 5.11 Å². The second-order valence-corrected chi connectivity index (χ2v) is 9.43. The summed E-state index contributed by atoms with van der Waals surface area (Å²) in [5.74, 6) is -1.94. The first kappa shape index (κ1) is 18.9. The lowest BCUT2D eigenvalue weighted by molar-refractivity contribution is -0.309. The van der Waals surface area contributed by atoms with E-state index >= 15 is 0 Å². The number of benzene rings is 1. The van der Waals surface area contributed by atoms with Crippen LogP contribution >= 0.6 is 11.8 Å². The Kier molecular flexibility index (Phi) is 5.64. The number of carbonyl (C=O) groups is 2. The standard InChI is InChI=1S/C16H18N2O6S2/c19-14(7-24-8-15(20)21)17-16-18(6-11-4-2-1-3-5-11)12-9-26(22,23)10-13(12)25-16/h1-5,12-13H,6-10H2,(H,20,21)/p-1/t12-,13-/m1/s1. The van der Waals surface area contributed by atoms with Crippen LogP contribution in [-0.2, 0) is 30.7 Å². The van der Waals surface area contributed by atoms with Crippen molar-refractivity contribution in [3.8, 4) is 0 Å². The molecule has 140 valence electrons. The molecule has 2 aliphatic heterocycles. The normalized spacial score (nSPS) is 25.4. The van der Waals surface area contributed by atoms with Gasteiger partial charge in [-0.15, -0.1) is 0 Å². The van der Waals surface area contributed by atoms with E-state index in [1.54, 1.807) is 0 Å². The van der Waals surface area contributed by atoms with Gasteiger partial charge in [-0.2, -0.15) is 4.99 Å². The van der Waals surface area contributed by atoms with Gasteiger partial charge in [0.05, 0.1) is 30.1 Å². The predicted octanol–water partition coefficient (Wildman–Crippen LogP) is -0.950. The van der Waals surface area contributed by atoms with E-state index in [0.717, 1.165) is 5.56 Å². The number of carboxylic acids is 1. The van der Waals surface area contributed by atoms with E-state index in [1.807, 2.05) is 35.2 Å². The minimum absolute atomic E-state index is 0.0336. The molecule has 1 amide bonds. The van der Waals surface area contributed by atoms with Crippen molar-refractivity contribution in [2.24, 2.45) is 4.99 Å². The lowest BCUT2D eigenvalue weighted by Crippen LogP contribution is -2.37. The van der Waals surface area contributed by atoms with Gasteiger partial charge in [0.15, 0.2) is 15.0 Å². The molecule has 1 aromatic carbocycles. The molecule has 2 fully saturated rings. The van der Waals surface area contributed by atoms with Crippen LogP contribution in [0.1, 0.15) is 5.56 Å². The fourth-order valence-electron chi connectivity index (χ4n) is 2.96. The molecular weight excluding hydrogens is 380 g/mol. The number of aliphatic imine (C=N–C) groups is 1. The molecular formula is C16H17N2O6S2-. The maximum atomic E-state index is 11.9. The quantitative estimate of drug-likeness (QED) is 0.603. The molecule has 0 spiro atoms. The highest BCUT2D eigenvalue weighted by atomic mass is 32.2. The third kappa shape index (κ3) is 4.63. The van der Waals surface area contributed by atoms with Crippen LogP contribution in [0, 0.1) is 0 Å². The molecule has 10 heteroatoms. The maximum absolute atomic E-state index is 11.9. The van der Waals surface area contributed by atoms with Gasteiger partial charge in [-0.25, -0.2) is 8.42 Å². The van der Waals surface area contributed by atoms with Gasteiger partial charge in [-0.3, -0.25) is 4.79 Å². The minimum atomic E-state index is -3.11. The number of ether oxygens (including phenoxy) is 1. The SMILES string of the molecule is O=C([O-])COCC(=O)N=C1S[C@@H]2CS(=O)(=O)C[C@H]2N1Cc1ccccc1. The topological polar surface area (TPSA) is 116 Å². The number of sulfone groups is 1. The van der Waals surface area contributed by atoms with Gasteiger partial charge >= 0.3 is 0 Å². The van der Waals surface area contributed by atoms with Crippen molar-refractivity contribution in [3.05, 3.63) is 35.9 Å². The number of thioether (sulfide) groups is 1. The molecule has 2 aliphatic rings. The van der Waals surface area contributed by atoms with Crippen molar-refractivity contribution in [1.82, 2.24) is 4.90 Å². The van der Waals surface area contributed by atoms with E-state index in [-0.39, 0.29) is 22.8 Å². The molecule has 2 atom stereocenters. The lowest BCUT2D eigenvalue weighted by Gasteiger charge is -2.24. The lowest BCUT2D eigenvalue weighted by atomic mass is 10.1. The summed E-state index contributed by atoms with van der Waals surface area (Å²) in [5, 5.41) is 10.6. The molecule has 3 rings (SSSR count). The van der Waals surface area contributed by atoms with Gasteiger partial charge < -0.3 is 19.5 Å². The van der Waals surface area contributed by atoms with Crippen LogP contribution in [0.4, 0.5) is 0 Å². The molecule has 0 aliphatic carbocycles. The molecule has 0 saturated carbocycles. The molecule has 0 unspecified atom stereocenters. The number of hydrogen-bond acceptors (Lipinski definition) is 7. The van der Waals surface area contributed by atoms with Crippen molar-refractivity contribution in [2.45, 2.75) is 17.8 Å². The minimum Gasteiger partial charge on any atom is -0.548 e. The number of carbonyl (C=O) groups excluding carboxylic acids is 2. The number of fused-ring (bicyclic) bond motifs is 1. The van der Waals surface area contributed by atoms with Crippen LogP contribution in [0.25, 0.3) is 0 Å². The zero-order valence-electron chi connectivity index (χ0n) is 13.7. The number of nitrogens with zero attached hydrogens (tertiary/aromatic N) is 2. The van der Waals surface area contributed by atoms with Crippen molar-refractivity contribution < 1.29 is 27.9 Å². The first-order valence-electron chi connectivity index (χ1n) is 7.91. The summed E-state index contributed by atoms with van der Waals surface area (Å²) in [6.07, 6.45) is 0. The van der Waals surface area contributed by atoms with Crippen molar-refractivity contribution in [1.29, 1.82) is 0 Å². The van der Waals surface area contributed by atoms with Gasteiger partial charge in [0.25, 0.3) is 5.91 Å². The highest BCUT2D eigenvalue weighted by Crippen LogP contribution is 2.38. The Morgan fingerprint density at radius 3 is 2.65 bits per heavy atom. The summed E-state index contributed by atoms with van der Waals surface area (Å²) in [7, 11) is -3.11. The number of amides is 1. The van der Waals surface area contributed by atoms with Crippen LogP contribution in [0.2, 0.25) is 0 Å². The molecule has 0 aromatic heterocycles. The highest BCUT2D eigenvalue weighted by Gasteiger charge is 2.48. The maximum Gasteiger partial charge on any atom is 0.274 e. The molecule has 0 bridgehead atoms. The van der Waals surface area contributed by atoms with Gasteiger partial charge in [-0.05, 0) is 5.56 Å². The Morgan fingerprint density at radius 1 is 1.23 bits per heavy atom. The highest BCUT2D eigenvalue weighted by molar-refractivity contribution is 8.15. The van der Waals surface area contributed by atoms with E-state index < -0.39 is 34.9 Å². The number of carboxylic acid groups (broad SMARTS) is 1. The molecule has 0 radical (unpaired) electrons. The van der Waals surface area contributed by atoms with Crippen LogP contribution in [-0.4, -0.2) is 66.4 Å². The first-order valence-corrected chi connectivity index (χ1v) is 10.6. The van der Waals surface area contributed by atoms with Crippen LogP contribution in [0.3, 0.4) is 0 Å². The third-order valence-electron chi connectivity index (χ3n) is 4.04. The number of amidine groups is 1. The zero-order valence-corrected chi connectivity index (χ0v) is 15.4. The van der Waals surface area contributed by atoms with Gasteiger partial charge in [0.2, 0.25) is 0 Å². The molecule has 2 heterocycles. The Morgan fingerprint density at radius 2 is 1.96 bits per heavy atom. The van der Waals surface area contributed by atoms with E-state index in [0.29, 0.717) is 11.7 Å². The predicted molar refractivity (Wildman–Crippen MR) is 94.1 cm³/mol. The van der Waals surface area contributed by atoms with Gasteiger partial charge in [-0.1, -0.05) is 42.1 Å². The largest absolute Gasteiger partial charge is 0.548 e. The smallest absolute Gasteiger partial charge is 0.274 e. The Bertz CT molecular complexity index is 824. The average Bonchev–Trinajstić information content (AvgIpc) is 3.01. The summed E-state index contributed by atoms with van der Waals surface area (Å²) in [5.41, 5.74) is 0.978. The second kappa shape index (κ2) is 7.77. The van der Waals surface area contributed by atoms with Gasteiger partial charge in [0.1, 0.15) is 6.61 Å². The average molecular weight is 397 g/mol. The third-order valence-corrected chi connectivity index (χ3v) is 7.28. The molecule has 2 saturated heterocycles. The van der Waals surface area contributed by atoms with Crippen LogP contribution in [0.15, 0.2) is 35.3 Å². The number of rotatable bonds is 6. The summed E-state index contributed by atoms with van der Waals surface area (Å²) in [4.78, 5) is 28.1. The van der Waals surface area contributed by atoms with Crippen molar-refractivity contribution in [2.75, 3.05) is 24.7 Å². The summed E-state index contributed by atoms with van der Waals surface area (Å²) in [6, 6.07) is 9.27. The summed E-state index contributed by atoms with van der Waals surface area (Å²) in [6.45, 7) is -0.706. The fourth-order valence-corrected chi connectivity index (χ4v) is 6.93. The summed E-state index contributed by atoms with van der Waals surface area (Å²) < 4.78 is 28.6. The van der Waals surface area contributed by atoms with E-state index in [9.17, 15) is 23.1 Å².